The molecular formula is C19H18F4N4. The van der Waals surface area contributed by atoms with E-state index in [9.17, 15) is 17.6 Å². The van der Waals surface area contributed by atoms with Gasteiger partial charge in [-0.25, -0.2) is 13.9 Å². The van der Waals surface area contributed by atoms with Gasteiger partial charge in [-0.15, -0.1) is 0 Å². The highest BCUT2D eigenvalue weighted by molar-refractivity contribution is 5.43. The van der Waals surface area contributed by atoms with Gasteiger partial charge in [0.2, 0.25) is 0 Å². The molecule has 0 amide bonds. The third-order valence-electron chi connectivity index (χ3n) is 4.91. The Labute approximate surface area is 153 Å². The number of likely N-dealkylation sites (tertiary alicyclic amines) is 1. The number of halogens is 4. The van der Waals surface area contributed by atoms with Gasteiger partial charge < -0.3 is 0 Å². The molecule has 1 fully saturated rings. The number of aromatic nitrogens is 3. The molecule has 0 radical (unpaired) electrons. The molecule has 27 heavy (non-hydrogen) atoms. The molecule has 1 aromatic carbocycles. The van der Waals surface area contributed by atoms with Crippen molar-refractivity contribution in [1.82, 2.24) is 19.5 Å². The number of hydrogen-bond acceptors (Lipinski definition) is 3. The highest BCUT2D eigenvalue weighted by Crippen LogP contribution is 2.32. The number of fused-ring (bicyclic) bond motifs is 1. The molecule has 1 aliphatic rings. The second-order valence-electron chi connectivity index (χ2n) is 6.93. The lowest BCUT2D eigenvalue weighted by atomic mass is 10.1. The largest absolute Gasteiger partial charge is 0.433 e. The van der Waals surface area contributed by atoms with Gasteiger partial charge in [0.05, 0.1) is 5.69 Å². The van der Waals surface area contributed by atoms with Crippen LogP contribution in [-0.4, -0.2) is 32.6 Å². The van der Waals surface area contributed by atoms with Crippen molar-refractivity contribution >= 4 is 5.65 Å². The highest BCUT2D eigenvalue weighted by Gasteiger charge is 2.35. The Kier molecular flexibility index (Phi) is 4.38. The summed E-state index contributed by atoms with van der Waals surface area (Å²) in [4.78, 5) is 6.27. The van der Waals surface area contributed by atoms with Crippen LogP contribution in [0.5, 0.6) is 0 Å². The second-order valence-corrected chi connectivity index (χ2v) is 6.93. The fourth-order valence-corrected chi connectivity index (χ4v) is 3.60. The predicted molar refractivity (Wildman–Crippen MR) is 91.8 cm³/mol. The highest BCUT2D eigenvalue weighted by atomic mass is 19.4. The minimum atomic E-state index is -4.50. The Morgan fingerprint density at radius 3 is 2.70 bits per heavy atom. The van der Waals surface area contributed by atoms with E-state index in [1.807, 2.05) is 0 Å². The normalized spacial score (nSPS) is 18.5. The van der Waals surface area contributed by atoms with Crippen molar-refractivity contribution < 1.29 is 17.6 Å². The first-order valence-corrected chi connectivity index (χ1v) is 8.71. The smallest absolute Gasteiger partial charge is 0.298 e. The minimum Gasteiger partial charge on any atom is -0.298 e. The Morgan fingerprint density at radius 1 is 1.19 bits per heavy atom. The van der Waals surface area contributed by atoms with Crippen LogP contribution < -0.4 is 0 Å². The summed E-state index contributed by atoms with van der Waals surface area (Å²) in [6, 6.07) is 9.24. The van der Waals surface area contributed by atoms with E-state index in [1.54, 1.807) is 24.3 Å². The third kappa shape index (κ3) is 3.53. The maximum Gasteiger partial charge on any atom is 0.433 e. The summed E-state index contributed by atoms with van der Waals surface area (Å²) in [5.74, 6) is -0.247. The van der Waals surface area contributed by atoms with Gasteiger partial charge in [0.15, 0.2) is 5.65 Å². The summed E-state index contributed by atoms with van der Waals surface area (Å²) in [5, 5.41) is 4.19. The number of rotatable bonds is 3. The Balaban J connectivity index is 1.58. The Hall–Kier alpha value is -2.48. The van der Waals surface area contributed by atoms with Crippen molar-refractivity contribution in [3.63, 3.8) is 0 Å². The van der Waals surface area contributed by atoms with Crippen molar-refractivity contribution in [1.29, 1.82) is 0 Å². The zero-order valence-corrected chi connectivity index (χ0v) is 14.7. The number of benzene rings is 1. The number of aryl methyl sites for hydroxylation is 1. The van der Waals surface area contributed by atoms with Crippen LogP contribution in [0.25, 0.3) is 5.65 Å². The molecule has 8 heteroatoms. The zero-order valence-electron chi connectivity index (χ0n) is 14.7. The van der Waals surface area contributed by atoms with E-state index in [0.29, 0.717) is 30.0 Å². The molecule has 3 aromatic rings. The van der Waals surface area contributed by atoms with Crippen molar-refractivity contribution in [2.24, 2.45) is 0 Å². The van der Waals surface area contributed by atoms with Crippen molar-refractivity contribution in [3.8, 4) is 0 Å². The fraction of sp³-hybridized carbons (Fsp3) is 0.368. The topological polar surface area (TPSA) is 33.4 Å². The number of nitrogens with zero attached hydrogens (tertiary/aromatic N) is 4. The zero-order chi connectivity index (χ0) is 19.2. The molecule has 0 N–H and O–H groups in total. The molecule has 2 aromatic heterocycles. The van der Waals surface area contributed by atoms with Gasteiger partial charge in [-0.2, -0.15) is 18.3 Å². The van der Waals surface area contributed by atoms with E-state index in [1.165, 1.54) is 13.0 Å². The van der Waals surface area contributed by atoms with Crippen LogP contribution in [0.1, 0.15) is 35.0 Å². The van der Waals surface area contributed by atoms with Crippen LogP contribution in [0, 0.1) is 12.7 Å². The molecule has 1 atom stereocenters. The number of alkyl halides is 3. The van der Waals surface area contributed by atoms with E-state index in [-0.39, 0.29) is 17.4 Å². The van der Waals surface area contributed by atoms with E-state index in [2.05, 4.69) is 15.0 Å². The van der Waals surface area contributed by atoms with Crippen molar-refractivity contribution in [2.45, 2.75) is 32.0 Å². The van der Waals surface area contributed by atoms with Crippen LogP contribution in [-0.2, 0) is 12.7 Å². The first-order chi connectivity index (χ1) is 12.8. The van der Waals surface area contributed by atoms with Crippen LogP contribution >= 0.6 is 0 Å². The summed E-state index contributed by atoms with van der Waals surface area (Å²) in [6.07, 6.45) is -3.74. The maximum atomic E-state index is 13.8. The SMILES string of the molecule is Cc1cc(C(F)(F)F)n2nc(C3CCN(Cc4ccccc4F)C3)cc2n1. The molecule has 1 unspecified atom stereocenters. The lowest BCUT2D eigenvalue weighted by Crippen LogP contribution is -2.20. The summed E-state index contributed by atoms with van der Waals surface area (Å²) in [5.41, 5.74) is 0.885. The maximum absolute atomic E-state index is 13.8. The molecular weight excluding hydrogens is 360 g/mol. The average molecular weight is 378 g/mol. The summed E-state index contributed by atoms with van der Waals surface area (Å²) < 4.78 is 54.6. The summed E-state index contributed by atoms with van der Waals surface area (Å²) >= 11 is 0. The lowest BCUT2D eigenvalue weighted by Gasteiger charge is -2.16. The lowest BCUT2D eigenvalue weighted by molar-refractivity contribution is -0.142. The molecule has 0 bridgehead atoms. The molecule has 142 valence electrons. The van der Waals surface area contributed by atoms with Gasteiger partial charge in [0, 0.05) is 36.3 Å². The van der Waals surface area contributed by atoms with E-state index >= 15 is 0 Å². The van der Waals surface area contributed by atoms with Gasteiger partial charge in [-0.3, -0.25) is 4.90 Å². The van der Waals surface area contributed by atoms with Crippen LogP contribution in [0.3, 0.4) is 0 Å². The van der Waals surface area contributed by atoms with Gasteiger partial charge in [-0.05, 0) is 32.0 Å². The fourth-order valence-electron chi connectivity index (χ4n) is 3.60. The quantitative estimate of drug-likeness (QED) is 0.641. The van der Waals surface area contributed by atoms with E-state index in [4.69, 9.17) is 0 Å². The van der Waals surface area contributed by atoms with Gasteiger partial charge in [-0.1, -0.05) is 18.2 Å². The van der Waals surface area contributed by atoms with Gasteiger partial charge in [0.1, 0.15) is 11.5 Å². The molecule has 0 spiro atoms. The molecule has 1 saturated heterocycles. The molecule has 0 saturated carbocycles. The van der Waals surface area contributed by atoms with Crippen LogP contribution in [0.4, 0.5) is 17.6 Å². The summed E-state index contributed by atoms with van der Waals surface area (Å²) in [7, 11) is 0. The van der Waals surface area contributed by atoms with Crippen LogP contribution in [0.2, 0.25) is 0 Å². The van der Waals surface area contributed by atoms with Crippen molar-refractivity contribution in [3.05, 3.63) is 64.9 Å². The molecule has 1 aliphatic heterocycles. The second kappa shape index (κ2) is 6.60. The first kappa shape index (κ1) is 17.9. The number of hydrogen-bond donors (Lipinski definition) is 0. The van der Waals surface area contributed by atoms with E-state index < -0.39 is 11.9 Å². The monoisotopic (exact) mass is 378 g/mol. The van der Waals surface area contributed by atoms with Crippen molar-refractivity contribution in [2.75, 3.05) is 13.1 Å². The standard InChI is InChI=1S/C19H18F4N4/c1-12-8-17(19(21,22)23)27-18(24-12)9-16(25-27)14-6-7-26(11-14)10-13-4-2-3-5-15(13)20/h2-5,8-9,14H,6-7,10-11H2,1H3. The molecule has 0 aliphatic carbocycles. The van der Waals surface area contributed by atoms with Gasteiger partial charge in [0.25, 0.3) is 0 Å². The minimum absolute atomic E-state index is 0.000127. The molecule has 3 heterocycles. The Bertz CT molecular complexity index is 979. The molecule has 4 nitrogen and oxygen atoms in total. The third-order valence-corrected chi connectivity index (χ3v) is 4.91. The van der Waals surface area contributed by atoms with Crippen LogP contribution in [0.15, 0.2) is 36.4 Å². The van der Waals surface area contributed by atoms with Gasteiger partial charge >= 0.3 is 6.18 Å². The predicted octanol–water partition coefficient (Wildman–Crippen LogP) is 4.19. The summed E-state index contributed by atoms with van der Waals surface area (Å²) in [6.45, 7) is 3.37. The first-order valence-electron chi connectivity index (χ1n) is 8.71. The Morgan fingerprint density at radius 2 is 1.96 bits per heavy atom. The van der Waals surface area contributed by atoms with E-state index in [0.717, 1.165) is 23.5 Å². The molecule has 4 rings (SSSR count). The average Bonchev–Trinajstić information content (AvgIpc) is 3.21.